The summed E-state index contributed by atoms with van der Waals surface area (Å²) in [5.74, 6) is -0.772. The molecule has 19 heavy (non-hydrogen) atoms. The van der Waals surface area contributed by atoms with Crippen LogP contribution < -0.4 is 0 Å². The average Bonchev–Trinajstić information content (AvgIpc) is 2.62. The van der Waals surface area contributed by atoms with Crippen LogP contribution in [-0.4, -0.2) is 14.7 Å². The number of nitro groups is 1. The van der Waals surface area contributed by atoms with Crippen LogP contribution in [0.1, 0.15) is 11.3 Å². The van der Waals surface area contributed by atoms with Crippen LogP contribution in [0.5, 0.6) is 0 Å². The van der Waals surface area contributed by atoms with Crippen LogP contribution in [0.15, 0.2) is 22.7 Å². The van der Waals surface area contributed by atoms with Crippen LogP contribution in [0.4, 0.5) is 10.2 Å². The molecule has 0 spiro atoms. The molecule has 0 fully saturated rings. The van der Waals surface area contributed by atoms with Crippen LogP contribution in [-0.2, 0) is 6.54 Å². The highest BCUT2D eigenvalue weighted by atomic mass is 79.9. The zero-order valence-electron chi connectivity index (χ0n) is 9.73. The zero-order chi connectivity index (χ0) is 14.2. The Kier molecular flexibility index (Phi) is 3.86. The first-order chi connectivity index (χ1) is 8.91. The summed E-state index contributed by atoms with van der Waals surface area (Å²) in [6.45, 7) is 1.68. The molecule has 0 N–H and O–H groups in total. The Morgan fingerprint density at radius 3 is 2.79 bits per heavy atom. The predicted molar refractivity (Wildman–Crippen MR) is 71.8 cm³/mol. The lowest BCUT2D eigenvalue weighted by Crippen LogP contribution is -2.06. The third-order valence-electron chi connectivity index (χ3n) is 2.66. The Bertz CT molecular complexity index is 639. The lowest BCUT2D eigenvalue weighted by molar-refractivity contribution is -0.390. The van der Waals surface area contributed by atoms with Gasteiger partial charge in [-0.25, -0.2) is 4.39 Å². The van der Waals surface area contributed by atoms with E-state index in [1.165, 1.54) is 16.8 Å². The molecule has 0 atom stereocenters. The number of aromatic nitrogens is 2. The average molecular weight is 349 g/mol. The van der Waals surface area contributed by atoms with Crippen molar-refractivity contribution < 1.29 is 9.31 Å². The van der Waals surface area contributed by atoms with Gasteiger partial charge in [0.2, 0.25) is 0 Å². The molecule has 100 valence electrons. The number of nitrogens with zero attached hydrogens (tertiary/aromatic N) is 3. The molecule has 0 amide bonds. The monoisotopic (exact) mass is 347 g/mol. The molecule has 1 aromatic carbocycles. The molecule has 0 bridgehead atoms. The molecule has 2 rings (SSSR count). The fourth-order valence-electron chi connectivity index (χ4n) is 1.61. The van der Waals surface area contributed by atoms with Gasteiger partial charge in [-0.3, -0.25) is 0 Å². The minimum absolute atomic E-state index is 0.0315. The smallest absolute Gasteiger partial charge is 0.358 e. The van der Waals surface area contributed by atoms with Gasteiger partial charge in [0.15, 0.2) is 0 Å². The highest BCUT2D eigenvalue weighted by molar-refractivity contribution is 9.10. The Morgan fingerprint density at radius 1 is 1.58 bits per heavy atom. The summed E-state index contributed by atoms with van der Waals surface area (Å²) in [6.07, 6.45) is 0. The number of benzene rings is 1. The van der Waals surface area contributed by atoms with Crippen molar-refractivity contribution >= 4 is 33.3 Å². The molecule has 0 radical (unpaired) electrons. The van der Waals surface area contributed by atoms with Crippen LogP contribution in [0, 0.1) is 22.9 Å². The van der Waals surface area contributed by atoms with E-state index in [4.69, 9.17) is 11.6 Å². The molecule has 1 aromatic heterocycles. The van der Waals surface area contributed by atoms with E-state index in [2.05, 4.69) is 21.0 Å². The third-order valence-corrected chi connectivity index (χ3v) is 3.94. The summed E-state index contributed by atoms with van der Waals surface area (Å²) in [5.41, 5.74) is 0.781. The van der Waals surface area contributed by atoms with Crippen molar-refractivity contribution in [3.8, 4) is 0 Å². The van der Waals surface area contributed by atoms with E-state index in [0.717, 1.165) is 0 Å². The first-order valence-electron chi connectivity index (χ1n) is 5.22. The topological polar surface area (TPSA) is 61.0 Å². The lowest BCUT2D eigenvalue weighted by Gasteiger charge is -2.04. The van der Waals surface area contributed by atoms with Gasteiger partial charge in [0.25, 0.3) is 0 Å². The van der Waals surface area contributed by atoms with Gasteiger partial charge in [-0.05, 0) is 39.9 Å². The molecule has 1 heterocycles. The van der Waals surface area contributed by atoms with Crippen molar-refractivity contribution in [2.45, 2.75) is 13.5 Å². The van der Waals surface area contributed by atoms with Crippen molar-refractivity contribution in [1.82, 2.24) is 9.78 Å². The number of halogens is 3. The lowest BCUT2D eigenvalue weighted by atomic mass is 10.2. The first-order valence-corrected chi connectivity index (χ1v) is 6.39. The van der Waals surface area contributed by atoms with Crippen LogP contribution >= 0.6 is 27.5 Å². The number of hydrogen-bond acceptors (Lipinski definition) is 3. The zero-order valence-corrected chi connectivity index (χ0v) is 12.1. The second kappa shape index (κ2) is 5.26. The molecular formula is C11H8BrClFN3O2. The normalized spacial score (nSPS) is 10.7. The van der Waals surface area contributed by atoms with Crippen molar-refractivity contribution in [3.05, 3.63) is 54.9 Å². The van der Waals surface area contributed by atoms with Crippen molar-refractivity contribution in [3.63, 3.8) is 0 Å². The maximum Gasteiger partial charge on any atom is 0.404 e. The predicted octanol–water partition coefficient (Wildman–Crippen LogP) is 3.70. The van der Waals surface area contributed by atoms with Crippen LogP contribution in [0.3, 0.4) is 0 Å². The van der Waals surface area contributed by atoms with Gasteiger partial charge < -0.3 is 10.1 Å². The molecule has 2 aromatic rings. The van der Waals surface area contributed by atoms with Gasteiger partial charge in [-0.2, -0.15) is 4.68 Å². The summed E-state index contributed by atoms with van der Waals surface area (Å²) >= 11 is 9.01. The summed E-state index contributed by atoms with van der Waals surface area (Å²) in [5, 5.41) is 14.9. The van der Waals surface area contributed by atoms with Crippen molar-refractivity contribution in [2.24, 2.45) is 0 Å². The molecule has 0 saturated carbocycles. The molecule has 0 saturated heterocycles. The highest BCUT2D eigenvalue weighted by Gasteiger charge is 2.24. The summed E-state index contributed by atoms with van der Waals surface area (Å²) in [6, 6.07) is 4.33. The van der Waals surface area contributed by atoms with E-state index in [0.29, 0.717) is 5.69 Å². The molecule has 0 aliphatic carbocycles. The Balaban J connectivity index is 2.45. The summed E-state index contributed by atoms with van der Waals surface area (Å²) in [7, 11) is 0. The fraction of sp³-hybridized carbons (Fsp3) is 0.182. The standard InChI is InChI=1S/C11H8BrClFN3O2/c1-6-10(12)11(17(18)19)15-16(6)5-7-8(13)3-2-4-9(7)14/h2-4H,5H2,1H3. The summed E-state index contributed by atoms with van der Waals surface area (Å²) < 4.78 is 15.3. The van der Waals surface area contributed by atoms with E-state index >= 15 is 0 Å². The van der Waals surface area contributed by atoms with Gasteiger partial charge in [0, 0.05) is 10.6 Å². The van der Waals surface area contributed by atoms with Gasteiger partial charge >= 0.3 is 5.82 Å². The molecule has 0 aliphatic rings. The minimum atomic E-state index is -0.601. The fourth-order valence-corrected chi connectivity index (χ4v) is 2.26. The van der Waals surface area contributed by atoms with Gasteiger partial charge in [-0.15, -0.1) is 0 Å². The van der Waals surface area contributed by atoms with E-state index in [1.54, 1.807) is 13.0 Å². The SMILES string of the molecule is Cc1c(Br)c([N+](=O)[O-])nn1Cc1c(F)cccc1Cl. The van der Waals surface area contributed by atoms with Crippen molar-refractivity contribution in [1.29, 1.82) is 0 Å². The van der Waals surface area contributed by atoms with Crippen LogP contribution in [0.25, 0.3) is 0 Å². The third kappa shape index (κ3) is 2.62. The van der Waals surface area contributed by atoms with Crippen LogP contribution in [0.2, 0.25) is 5.02 Å². The van der Waals surface area contributed by atoms with Crippen molar-refractivity contribution in [2.75, 3.05) is 0 Å². The molecule has 5 nitrogen and oxygen atoms in total. The Hall–Kier alpha value is -1.47. The van der Waals surface area contributed by atoms with E-state index in [1.807, 2.05) is 0 Å². The molecule has 8 heteroatoms. The first kappa shape index (κ1) is 14.0. The highest BCUT2D eigenvalue weighted by Crippen LogP contribution is 2.28. The number of rotatable bonds is 3. The minimum Gasteiger partial charge on any atom is -0.358 e. The largest absolute Gasteiger partial charge is 0.404 e. The van der Waals surface area contributed by atoms with Gasteiger partial charge in [-0.1, -0.05) is 17.7 Å². The van der Waals surface area contributed by atoms with Gasteiger partial charge in [0.1, 0.15) is 10.3 Å². The number of hydrogen-bond donors (Lipinski definition) is 0. The molecule has 0 unspecified atom stereocenters. The maximum absolute atomic E-state index is 13.7. The molecule has 0 aliphatic heterocycles. The summed E-state index contributed by atoms with van der Waals surface area (Å²) in [4.78, 5) is 10.2. The second-order valence-corrected chi connectivity index (χ2v) is 5.04. The Labute approximate surface area is 121 Å². The second-order valence-electron chi connectivity index (χ2n) is 3.84. The van der Waals surface area contributed by atoms with Gasteiger partial charge in [0.05, 0.1) is 17.3 Å². The molecular weight excluding hydrogens is 340 g/mol. The van der Waals surface area contributed by atoms with E-state index in [-0.39, 0.29) is 27.4 Å². The quantitative estimate of drug-likeness (QED) is 0.627. The Morgan fingerprint density at radius 2 is 2.26 bits per heavy atom. The van der Waals surface area contributed by atoms with E-state index < -0.39 is 10.7 Å². The van der Waals surface area contributed by atoms with E-state index in [9.17, 15) is 14.5 Å². The maximum atomic E-state index is 13.7.